The summed E-state index contributed by atoms with van der Waals surface area (Å²) in [6.07, 6.45) is 1.86. The van der Waals surface area contributed by atoms with Crippen LogP contribution in [0.5, 0.6) is 0 Å². The van der Waals surface area contributed by atoms with Crippen molar-refractivity contribution < 1.29 is 0 Å². The molecule has 0 amide bonds. The van der Waals surface area contributed by atoms with Crippen LogP contribution in [0.2, 0.25) is 0 Å². The highest BCUT2D eigenvalue weighted by molar-refractivity contribution is 9.10. The van der Waals surface area contributed by atoms with Crippen molar-refractivity contribution in [2.45, 2.75) is 12.3 Å². The summed E-state index contributed by atoms with van der Waals surface area (Å²) in [6, 6.07) is 2.02. The van der Waals surface area contributed by atoms with E-state index in [2.05, 4.69) is 36.8 Å². The Labute approximate surface area is 77.1 Å². The molecule has 10 heavy (non-hydrogen) atoms. The second kappa shape index (κ2) is 3.49. The van der Waals surface area contributed by atoms with Crippen molar-refractivity contribution in [3.05, 3.63) is 28.0 Å². The first-order valence-electron chi connectivity index (χ1n) is 2.91. The van der Waals surface area contributed by atoms with Gasteiger partial charge in [0.1, 0.15) is 0 Å². The predicted octanol–water partition coefficient (Wildman–Crippen LogP) is 3.05. The van der Waals surface area contributed by atoms with Crippen molar-refractivity contribution in [3.63, 3.8) is 0 Å². The molecule has 54 valence electrons. The smallest absolute Gasteiger partial charge is 0.0520 e. The number of aryl methyl sites for hydroxylation is 1. The highest BCUT2D eigenvalue weighted by Crippen LogP contribution is 2.16. The normalized spacial score (nSPS) is 9.90. The Morgan fingerprint density at radius 2 is 2.30 bits per heavy atom. The van der Waals surface area contributed by atoms with E-state index in [0.717, 1.165) is 15.5 Å². The van der Waals surface area contributed by atoms with Crippen LogP contribution in [-0.4, -0.2) is 4.98 Å². The highest BCUT2D eigenvalue weighted by atomic mass is 79.9. The maximum Gasteiger partial charge on any atom is 0.0520 e. The van der Waals surface area contributed by atoms with Gasteiger partial charge in [0.25, 0.3) is 0 Å². The van der Waals surface area contributed by atoms with E-state index in [1.165, 1.54) is 5.56 Å². The first kappa shape index (κ1) is 8.21. The van der Waals surface area contributed by atoms with Gasteiger partial charge in [0.15, 0.2) is 0 Å². The lowest BCUT2D eigenvalue weighted by Gasteiger charge is -1.98. The van der Waals surface area contributed by atoms with Crippen LogP contribution in [0.4, 0.5) is 0 Å². The molecule has 0 atom stereocenters. The minimum Gasteiger partial charge on any atom is -0.260 e. The molecular weight excluding hydrogens is 258 g/mol. The van der Waals surface area contributed by atoms with Crippen LogP contribution in [0.25, 0.3) is 0 Å². The quantitative estimate of drug-likeness (QED) is 0.711. The number of hydrogen-bond acceptors (Lipinski definition) is 1. The lowest BCUT2D eigenvalue weighted by molar-refractivity contribution is 1.15. The molecule has 0 aliphatic carbocycles. The van der Waals surface area contributed by atoms with Crippen molar-refractivity contribution in [2.75, 3.05) is 0 Å². The summed E-state index contributed by atoms with van der Waals surface area (Å²) in [5, 5.41) is 0.811. The van der Waals surface area contributed by atoms with Gasteiger partial charge in [0.2, 0.25) is 0 Å². The Kier molecular flexibility index (Phi) is 2.86. The van der Waals surface area contributed by atoms with Crippen LogP contribution in [0.3, 0.4) is 0 Å². The van der Waals surface area contributed by atoms with Gasteiger partial charge in [-0.25, -0.2) is 0 Å². The number of alkyl halides is 1. The number of aromatic nitrogens is 1. The molecule has 3 heteroatoms. The minimum absolute atomic E-state index is 0.811. The molecule has 0 fully saturated rings. The number of halogens is 2. The SMILES string of the molecule is Cc1cnc(CBr)cc1Br. The maximum absolute atomic E-state index is 4.18. The molecule has 0 unspecified atom stereocenters. The van der Waals surface area contributed by atoms with Crippen LogP contribution in [0.15, 0.2) is 16.7 Å². The standard InChI is InChI=1S/C7H7Br2N/c1-5-4-10-6(3-8)2-7(5)9/h2,4H,3H2,1H3. The van der Waals surface area contributed by atoms with Crippen LogP contribution in [-0.2, 0) is 5.33 Å². The van der Waals surface area contributed by atoms with E-state index in [1.807, 2.05) is 19.2 Å². The average Bonchev–Trinajstić information content (AvgIpc) is 1.95. The second-order valence-electron chi connectivity index (χ2n) is 2.06. The first-order valence-corrected chi connectivity index (χ1v) is 4.82. The summed E-state index contributed by atoms with van der Waals surface area (Å²) >= 11 is 6.76. The molecular formula is C7H7Br2N. The van der Waals surface area contributed by atoms with Gasteiger partial charge >= 0.3 is 0 Å². The number of rotatable bonds is 1. The molecule has 1 rings (SSSR count). The third kappa shape index (κ3) is 1.80. The lowest BCUT2D eigenvalue weighted by atomic mass is 10.3. The maximum atomic E-state index is 4.18. The summed E-state index contributed by atoms with van der Waals surface area (Å²) in [5.41, 5.74) is 2.22. The van der Waals surface area contributed by atoms with E-state index in [0.29, 0.717) is 0 Å². The number of pyridine rings is 1. The Balaban J connectivity index is 3.04. The molecule has 1 nitrogen and oxygen atoms in total. The molecule has 0 aliphatic heterocycles. The average molecular weight is 265 g/mol. The zero-order chi connectivity index (χ0) is 7.56. The topological polar surface area (TPSA) is 12.9 Å². The summed E-state index contributed by atoms with van der Waals surface area (Å²) in [4.78, 5) is 4.18. The molecule has 1 aromatic heterocycles. The van der Waals surface area contributed by atoms with Gasteiger partial charge in [0.05, 0.1) is 5.69 Å². The van der Waals surface area contributed by atoms with Gasteiger partial charge < -0.3 is 0 Å². The second-order valence-corrected chi connectivity index (χ2v) is 3.47. The fraction of sp³-hybridized carbons (Fsp3) is 0.286. The van der Waals surface area contributed by atoms with E-state index in [9.17, 15) is 0 Å². The Morgan fingerprint density at radius 3 is 2.80 bits per heavy atom. The molecule has 1 aromatic rings. The predicted molar refractivity (Wildman–Crippen MR) is 49.3 cm³/mol. The van der Waals surface area contributed by atoms with Gasteiger partial charge in [-0.15, -0.1) is 0 Å². The minimum atomic E-state index is 0.811. The largest absolute Gasteiger partial charge is 0.260 e. The van der Waals surface area contributed by atoms with E-state index >= 15 is 0 Å². The third-order valence-electron chi connectivity index (χ3n) is 1.23. The molecule has 0 N–H and O–H groups in total. The summed E-state index contributed by atoms with van der Waals surface area (Å²) in [5.74, 6) is 0. The van der Waals surface area contributed by atoms with E-state index < -0.39 is 0 Å². The van der Waals surface area contributed by atoms with Crippen molar-refractivity contribution in [1.29, 1.82) is 0 Å². The van der Waals surface area contributed by atoms with Gasteiger partial charge in [0, 0.05) is 16.0 Å². The lowest BCUT2D eigenvalue weighted by Crippen LogP contribution is -1.85. The van der Waals surface area contributed by atoms with Gasteiger partial charge in [-0.05, 0) is 18.6 Å². The van der Waals surface area contributed by atoms with Gasteiger partial charge in [-0.1, -0.05) is 31.9 Å². The molecule has 0 saturated heterocycles. The molecule has 0 aromatic carbocycles. The van der Waals surface area contributed by atoms with Crippen LogP contribution < -0.4 is 0 Å². The van der Waals surface area contributed by atoms with Crippen molar-refractivity contribution in [2.24, 2.45) is 0 Å². The summed E-state index contributed by atoms with van der Waals surface area (Å²) < 4.78 is 1.12. The fourth-order valence-corrected chi connectivity index (χ4v) is 1.29. The van der Waals surface area contributed by atoms with Crippen molar-refractivity contribution in [3.8, 4) is 0 Å². The summed E-state index contributed by atoms with van der Waals surface area (Å²) in [6.45, 7) is 2.02. The van der Waals surface area contributed by atoms with Gasteiger partial charge in [-0.2, -0.15) is 0 Å². The van der Waals surface area contributed by atoms with Crippen molar-refractivity contribution >= 4 is 31.9 Å². The van der Waals surface area contributed by atoms with E-state index in [1.54, 1.807) is 0 Å². The molecule has 1 heterocycles. The third-order valence-corrected chi connectivity index (χ3v) is 2.66. The number of hydrogen-bond donors (Lipinski definition) is 0. The highest BCUT2D eigenvalue weighted by Gasteiger charge is 1.95. The Morgan fingerprint density at radius 1 is 1.60 bits per heavy atom. The molecule has 0 bridgehead atoms. The van der Waals surface area contributed by atoms with Crippen LogP contribution in [0, 0.1) is 6.92 Å². The van der Waals surface area contributed by atoms with E-state index in [4.69, 9.17) is 0 Å². The fourth-order valence-electron chi connectivity index (χ4n) is 0.612. The van der Waals surface area contributed by atoms with Crippen LogP contribution >= 0.6 is 31.9 Å². The molecule has 0 spiro atoms. The van der Waals surface area contributed by atoms with Crippen molar-refractivity contribution in [1.82, 2.24) is 4.98 Å². The van der Waals surface area contributed by atoms with Gasteiger partial charge in [-0.3, -0.25) is 4.98 Å². The molecule has 0 saturated carbocycles. The van der Waals surface area contributed by atoms with E-state index in [-0.39, 0.29) is 0 Å². The summed E-state index contributed by atoms with van der Waals surface area (Å²) in [7, 11) is 0. The Bertz CT molecular complexity index is 235. The Hall–Kier alpha value is 0.110. The zero-order valence-corrected chi connectivity index (χ0v) is 8.74. The van der Waals surface area contributed by atoms with Crippen LogP contribution in [0.1, 0.15) is 11.3 Å². The number of nitrogens with zero attached hydrogens (tertiary/aromatic N) is 1. The monoisotopic (exact) mass is 263 g/mol. The molecule has 0 radical (unpaired) electrons. The molecule has 0 aliphatic rings. The zero-order valence-electron chi connectivity index (χ0n) is 5.56. The first-order chi connectivity index (χ1) is 4.74.